The number of ether oxygens (including phenoxy) is 1. The molecule has 2 aromatic carbocycles. The van der Waals surface area contributed by atoms with Crippen molar-refractivity contribution in [3.05, 3.63) is 59.1 Å². The average molecular weight is 437 g/mol. The van der Waals surface area contributed by atoms with E-state index in [2.05, 4.69) is 5.32 Å². The third-order valence-electron chi connectivity index (χ3n) is 4.98. The summed E-state index contributed by atoms with van der Waals surface area (Å²) in [4.78, 5) is 12.6. The molecule has 6 nitrogen and oxygen atoms in total. The third-order valence-corrected chi connectivity index (χ3v) is 7.17. The molecule has 1 heterocycles. The number of amides is 1. The van der Waals surface area contributed by atoms with Gasteiger partial charge in [0.05, 0.1) is 16.5 Å². The second kappa shape index (κ2) is 9.61. The maximum atomic E-state index is 12.9. The van der Waals surface area contributed by atoms with Crippen LogP contribution >= 0.6 is 11.6 Å². The van der Waals surface area contributed by atoms with Gasteiger partial charge in [0, 0.05) is 25.6 Å². The molecule has 0 atom stereocenters. The van der Waals surface area contributed by atoms with Crippen molar-refractivity contribution in [3.8, 4) is 5.75 Å². The number of carbonyl (C=O) groups is 1. The zero-order chi connectivity index (χ0) is 20.9. The van der Waals surface area contributed by atoms with Gasteiger partial charge in [-0.3, -0.25) is 4.79 Å². The second-order valence-electron chi connectivity index (χ2n) is 6.91. The van der Waals surface area contributed by atoms with Gasteiger partial charge in [-0.15, -0.1) is 0 Å². The van der Waals surface area contributed by atoms with Crippen LogP contribution in [0.4, 0.5) is 0 Å². The van der Waals surface area contributed by atoms with Crippen molar-refractivity contribution in [2.75, 3.05) is 19.7 Å². The molecule has 1 saturated heterocycles. The zero-order valence-electron chi connectivity index (χ0n) is 16.3. The van der Waals surface area contributed by atoms with Crippen LogP contribution in [0.15, 0.2) is 53.4 Å². The number of carbonyl (C=O) groups excluding carboxylic acids is 1. The summed E-state index contributed by atoms with van der Waals surface area (Å²) in [7, 11) is -3.66. The van der Waals surface area contributed by atoms with Crippen LogP contribution in [-0.4, -0.2) is 38.3 Å². The highest BCUT2D eigenvalue weighted by Gasteiger charge is 2.32. The molecule has 2 aromatic rings. The molecule has 8 heteroatoms. The van der Waals surface area contributed by atoms with Gasteiger partial charge in [0.2, 0.25) is 15.9 Å². The number of rotatable bonds is 7. The number of hydrogen-bond donors (Lipinski definition) is 1. The molecule has 1 amide bonds. The maximum absolute atomic E-state index is 12.9. The van der Waals surface area contributed by atoms with Crippen molar-refractivity contribution in [1.82, 2.24) is 9.62 Å². The van der Waals surface area contributed by atoms with Gasteiger partial charge in [-0.05, 0) is 43.5 Å². The van der Waals surface area contributed by atoms with E-state index in [1.54, 1.807) is 6.07 Å². The van der Waals surface area contributed by atoms with Crippen molar-refractivity contribution in [3.63, 3.8) is 0 Å². The fourth-order valence-corrected chi connectivity index (χ4v) is 5.15. The topological polar surface area (TPSA) is 75.7 Å². The molecule has 0 unspecified atom stereocenters. The van der Waals surface area contributed by atoms with E-state index in [0.29, 0.717) is 44.8 Å². The van der Waals surface area contributed by atoms with E-state index in [9.17, 15) is 13.2 Å². The lowest BCUT2D eigenvalue weighted by Gasteiger charge is -2.30. The molecule has 0 aliphatic carbocycles. The molecule has 0 bridgehead atoms. The molecule has 1 N–H and O–H groups in total. The predicted octanol–water partition coefficient (Wildman–Crippen LogP) is 3.46. The summed E-state index contributed by atoms with van der Waals surface area (Å²) in [6, 6.07) is 14.2. The van der Waals surface area contributed by atoms with Crippen molar-refractivity contribution >= 4 is 27.5 Å². The van der Waals surface area contributed by atoms with Gasteiger partial charge in [-0.1, -0.05) is 41.9 Å². The van der Waals surface area contributed by atoms with E-state index in [4.69, 9.17) is 16.3 Å². The summed E-state index contributed by atoms with van der Waals surface area (Å²) in [5.74, 6) is 0.242. The van der Waals surface area contributed by atoms with Crippen LogP contribution in [0.2, 0.25) is 5.02 Å². The van der Waals surface area contributed by atoms with Crippen molar-refractivity contribution < 1.29 is 17.9 Å². The van der Waals surface area contributed by atoms with Gasteiger partial charge in [0.15, 0.2) is 0 Å². The van der Waals surface area contributed by atoms with Gasteiger partial charge in [0.1, 0.15) is 5.75 Å². The standard InChI is InChI=1S/C21H25ClN2O4S/c1-2-28-20-9-8-18(14-19(20)22)29(26,27)24-12-10-17(11-13-24)21(25)23-15-16-6-4-3-5-7-16/h3-9,14,17H,2,10-13,15H2,1H3,(H,23,25). The van der Waals surface area contributed by atoms with Crippen molar-refractivity contribution in [2.24, 2.45) is 5.92 Å². The third kappa shape index (κ3) is 5.29. The van der Waals surface area contributed by atoms with Gasteiger partial charge in [0.25, 0.3) is 0 Å². The highest BCUT2D eigenvalue weighted by atomic mass is 35.5. The fourth-order valence-electron chi connectivity index (χ4n) is 3.35. The first-order valence-corrected chi connectivity index (χ1v) is 11.5. The van der Waals surface area contributed by atoms with Crippen LogP contribution in [0.25, 0.3) is 0 Å². The fraction of sp³-hybridized carbons (Fsp3) is 0.381. The van der Waals surface area contributed by atoms with Crippen LogP contribution in [0.1, 0.15) is 25.3 Å². The molecule has 3 rings (SSSR count). The Morgan fingerprint density at radius 1 is 1.17 bits per heavy atom. The smallest absolute Gasteiger partial charge is 0.243 e. The quantitative estimate of drug-likeness (QED) is 0.721. The minimum atomic E-state index is -3.66. The van der Waals surface area contributed by atoms with E-state index in [1.165, 1.54) is 16.4 Å². The number of piperidine rings is 1. The van der Waals surface area contributed by atoms with E-state index in [-0.39, 0.29) is 21.7 Å². The van der Waals surface area contributed by atoms with Crippen LogP contribution < -0.4 is 10.1 Å². The molecule has 1 aliphatic heterocycles. The Hall–Kier alpha value is -2.09. The molecule has 0 aromatic heterocycles. The summed E-state index contributed by atoms with van der Waals surface area (Å²) in [5.41, 5.74) is 1.04. The van der Waals surface area contributed by atoms with Gasteiger partial charge in [-0.25, -0.2) is 8.42 Å². The largest absolute Gasteiger partial charge is 0.492 e. The molecule has 1 fully saturated rings. The number of nitrogens with one attached hydrogen (secondary N) is 1. The molecular formula is C21H25ClN2O4S. The van der Waals surface area contributed by atoms with Crippen molar-refractivity contribution in [1.29, 1.82) is 0 Å². The Bertz CT molecular complexity index is 942. The molecule has 0 saturated carbocycles. The first-order chi connectivity index (χ1) is 13.9. The van der Waals surface area contributed by atoms with E-state index in [1.807, 2.05) is 37.3 Å². The highest BCUT2D eigenvalue weighted by Crippen LogP contribution is 2.30. The Balaban J connectivity index is 1.58. The lowest BCUT2D eigenvalue weighted by atomic mass is 9.97. The number of hydrogen-bond acceptors (Lipinski definition) is 4. The highest BCUT2D eigenvalue weighted by molar-refractivity contribution is 7.89. The van der Waals surface area contributed by atoms with Crippen LogP contribution in [0.3, 0.4) is 0 Å². The minimum Gasteiger partial charge on any atom is -0.492 e. The average Bonchev–Trinajstić information content (AvgIpc) is 2.74. The summed E-state index contributed by atoms with van der Waals surface area (Å²) >= 11 is 6.14. The lowest BCUT2D eigenvalue weighted by molar-refractivity contribution is -0.126. The molecule has 0 spiro atoms. The lowest BCUT2D eigenvalue weighted by Crippen LogP contribution is -2.42. The monoisotopic (exact) mass is 436 g/mol. The zero-order valence-corrected chi connectivity index (χ0v) is 17.9. The second-order valence-corrected chi connectivity index (χ2v) is 9.25. The Morgan fingerprint density at radius 2 is 1.86 bits per heavy atom. The van der Waals surface area contributed by atoms with Gasteiger partial charge >= 0.3 is 0 Å². The molecule has 29 heavy (non-hydrogen) atoms. The number of halogens is 1. The molecule has 156 valence electrons. The Morgan fingerprint density at radius 3 is 2.48 bits per heavy atom. The normalized spacial score (nSPS) is 15.8. The Kier molecular flexibility index (Phi) is 7.16. The molecule has 0 radical (unpaired) electrons. The molecule has 1 aliphatic rings. The van der Waals surface area contributed by atoms with Gasteiger partial charge < -0.3 is 10.1 Å². The number of benzene rings is 2. The summed E-state index contributed by atoms with van der Waals surface area (Å²) in [6.45, 7) is 3.36. The molecular weight excluding hydrogens is 412 g/mol. The van der Waals surface area contributed by atoms with Crippen LogP contribution in [0, 0.1) is 5.92 Å². The van der Waals surface area contributed by atoms with Gasteiger partial charge in [-0.2, -0.15) is 4.31 Å². The number of nitrogens with zero attached hydrogens (tertiary/aromatic N) is 1. The summed E-state index contributed by atoms with van der Waals surface area (Å²) < 4.78 is 32.6. The predicted molar refractivity (Wildman–Crippen MR) is 112 cm³/mol. The van der Waals surface area contributed by atoms with E-state index >= 15 is 0 Å². The Labute approximate surface area is 176 Å². The van der Waals surface area contributed by atoms with Crippen molar-refractivity contribution in [2.45, 2.75) is 31.2 Å². The van der Waals surface area contributed by atoms with E-state index < -0.39 is 10.0 Å². The summed E-state index contributed by atoms with van der Waals surface area (Å²) in [5, 5.41) is 3.21. The maximum Gasteiger partial charge on any atom is 0.243 e. The minimum absolute atomic E-state index is 0.0324. The first-order valence-electron chi connectivity index (χ1n) is 9.66. The summed E-state index contributed by atoms with van der Waals surface area (Å²) in [6.07, 6.45) is 0.981. The SMILES string of the molecule is CCOc1ccc(S(=O)(=O)N2CCC(C(=O)NCc3ccccc3)CC2)cc1Cl. The van der Waals surface area contributed by atoms with E-state index in [0.717, 1.165) is 5.56 Å². The van der Waals surface area contributed by atoms with Crippen LogP contribution in [-0.2, 0) is 21.4 Å². The number of sulfonamides is 1. The van der Waals surface area contributed by atoms with Crippen LogP contribution in [0.5, 0.6) is 5.75 Å². The first kappa shape index (κ1) is 21.6.